The normalized spacial score (nSPS) is 22.8. The first-order valence-electron chi connectivity index (χ1n) is 12.0. The van der Waals surface area contributed by atoms with Crippen LogP contribution in [-0.4, -0.2) is 65.4 Å². The Bertz CT molecular complexity index is 936. The van der Waals surface area contributed by atoms with Gasteiger partial charge in [0.25, 0.3) is 5.91 Å². The second-order valence-electron chi connectivity index (χ2n) is 9.07. The fourth-order valence-corrected chi connectivity index (χ4v) is 4.87. The Kier molecular flexibility index (Phi) is 7.94. The molecule has 0 saturated carbocycles. The molecule has 2 aromatic rings. The minimum absolute atomic E-state index is 0.0438. The van der Waals surface area contributed by atoms with Crippen molar-refractivity contribution >= 4 is 11.8 Å². The summed E-state index contributed by atoms with van der Waals surface area (Å²) in [6, 6.07) is 11.4. The van der Waals surface area contributed by atoms with Crippen LogP contribution in [0.4, 0.5) is 0 Å². The average Bonchev–Trinajstić information content (AvgIpc) is 2.82. The lowest BCUT2D eigenvalue weighted by atomic mass is 9.86. The highest BCUT2D eigenvalue weighted by Crippen LogP contribution is 2.26. The summed E-state index contributed by atoms with van der Waals surface area (Å²) in [7, 11) is 0. The van der Waals surface area contributed by atoms with Crippen molar-refractivity contribution in [2.45, 2.75) is 45.2 Å². The quantitative estimate of drug-likeness (QED) is 0.761. The number of nitrogens with one attached hydrogen (secondary N) is 1. The van der Waals surface area contributed by atoms with Gasteiger partial charge in [-0.2, -0.15) is 0 Å². The molecule has 1 N–H and O–H groups in total. The number of para-hydroxylation sites is 1. The van der Waals surface area contributed by atoms with Crippen molar-refractivity contribution in [3.63, 3.8) is 0 Å². The van der Waals surface area contributed by atoms with E-state index in [2.05, 4.69) is 21.3 Å². The molecule has 0 bridgehead atoms. The summed E-state index contributed by atoms with van der Waals surface area (Å²) >= 11 is 0. The fraction of sp³-hybridized carbons (Fsp3) is 0.500. The molecular weight excluding hydrogens is 416 g/mol. The average molecular weight is 451 g/mol. The Balaban J connectivity index is 1.52. The number of piperidine rings is 1. The zero-order chi connectivity index (χ0) is 23.0. The van der Waals surface area contributed by atoms with Crippen molar-refractivity contribution in [3.8, 4) is 5.75 Å². The molecule has 0 spiro atoms. The molecule has 2 aliphatic rings. The number of pyridine rings is 1. The van der Waals surface area contributed by atoms with Gasteiger partial charge in [0.1, 0.15) is 12.4 Å². The molecule has 2 atom stereocenters. The van der Waals surface area contributed by atoms with Crippen LogP contribution in [0.25, 0.3) is 0 Å². The smallest absolute Gasteiger partial charge is 0.255 e. The van der Waals surface area contributed by atoms with Gasteiger partial charge < -0.3 is 15.0 Å². The maximum atomic E-state index is 13.2. The lowest BCUT2D eigenvalue weighted by Crippen LogP contribution is -2.53. The molecule has 7 heteroatoms. The summed E-state index contributed by atoms with van der Waals surface area (Å²) in [5.41, 5.74) is 1.74. The first-order valence-corrected chi connectivity index (χ1v) is 12.0. The third kappa shape index (κ3) is 6.32. The molecule has 1 saturated heterocycles. The van der Waals surface area contributed by atoms with E-state index < -0.39 is 0 Å². The molecule has 0 radical (unpaired) electrons. The summed E-state index contributed by atoms with van der Waals surface area (Å²) in [4.78, 5) is 33.7. The molecular formula is C26H34N4O3. The highest BCUT2D eigenvalue weighted by Gasteiger charge is 2.32. The minimum Gasteiger partial charge on any atom is -0.491 e. The number of likely N-dealkylation sites (tertiary alicyclic amines) is 1. The Morgan fingerprint density at radius 1 is 1.12 bits per heavy atom. The van der Waals surface area contributed by atoms with E-state index in [9.17, 15) is 9.59 Å². The van der Waals surface area contributed by atoms with E-state index in [-0.39, 0.29) is 17.9 Å². The summed E-state index contributed by atoms with van der Waals surface area (Å²) in [6.45, 7) is 6.05. The van der Waals surface area contributed by atoms with Crippen molar-refractivity contribution in [1.82, 2.24) is 20.1 Å². The predicted octanol–water partition coefficient (Wildman–Crippen LogP) is 3.11. The second kappa shape index (κ2) is 11.3. The third-order valence-corrected chi connectivity index (χ3v) is 6.74. The van der Waals surface area contributed by atoms with E-state index >= 15 is 0 Å². The van der Waals surface area contributed by atoms with Crippen LogP contribution in [0.1, 0.15) is 48.5 Å². The number of hydrogen-bond donors (Lipinski definition) is 1. The van der Waals surface area contributed by atoms with Gasteiger partial charge in [-0.15, -0.1) is 0 Å². The van der Waals surface area contributed by atoms with Gasteiger partial charge in [-0.1, -0.05) is 24.6 Å². The maximum absolute atomic E-state index is 13.2. The van der Waals surface area contributed by atoms with E-state index in [0.29, 0.717) is 30.4 Å². The number of amides is 2. The minimum atomic E-state index is -0.129. The van der Waals surface area contributed by atoms with Crippen molar-refractivity contribution < 1.29 is 14.3 Å². The molecule has 2 amide bonds. The zero-order valence-corrected chi connectivity index (χ0v) is 19.4. The molecule has 0 unspecified atom stereocenters. The fourth-order valence-electron chi connectivity index (χ4n) is 4.87. The van der Waals surface area contributed by atoms with Gasteiger partial charge in [-0.3, -0.25) is 19.5 Å². The lowest BCUT2D eigenvalue weighted by molar-refractivity contribution is -0.130. The standard InChI is InChI=1S/C26H34N4O3/c1-20(31)30-14-11-22-8-4-5-13-29(18-21-7-6-12-27-17-21)15-16-33-25-10-3-2-9-23(25)26(32)28-24(22)19-30/h2-3,6-7,9-10,12,17,22,24H,4-5,8,11,13-16,18-19H2,1H3,(H,28,32)/t22-,24+/m1/s1. The van der Waals surface area contributed by atoms with E-state index in [4.69, 9.17) is 4.74 Å². The molecule has 2 aliphatic heterocycles. The van der Waals surface area contributed by atoms with E-state index in [1.54, 1.807) is 13.1 Å². The molecule has 1 aromatic heterocycles. The van der Waals surface area contributed by atoms with Gasteiger partial charge in [0.15, 0.2) is 0 Å². The third-order valence-electron chi connectivity index (χ3n) is 6.74. The van der Waals surface area contributed by atoms with Crippen LogP contribution < -0.4 is 10.1 Å². The first kappa shape index (κ1) is 23.2. The topological polar surface area (TPSA) is 74.8 Å². The number of benzene rings is 1. The number of hydrogen-bond acceptors (Lipinski definition) is 5. The highest BCUT2D eigenvalue weighted by atomic mass is 16.5. The largest absolute Gasteiger partial charge is 0.491 e. The van der Waals surface area contributed by atoms with Crippen molar-refractivity contribution in [3.05, 3.63) is 59.9 Å². The molecule has 1 fully saturated rings. The van der Waals surface area contributed by atoms with Crippen molar-refractivity contribution in [2.75, 3.05) is 32.8 Å². The lowest BCUT2D eigenvalue weighted by Gasteiger charge is -2.39. The number of ether oxygens (including phenoxy) is 1. The van der Waals surface area contributed by atoms with Crippen molar-refractivity contribution in [1.29, 1.82) is 0 Å². The maximum Gasteiger partial charge on any atom is 0.255 e. The van der Waals surface area contributed by atoms with Crippen LogP contribution in [0.2, 0.25) is 0 Å². The van der Waals surface area contributed by atoms with Crippen LogP contribution in [0.15, 0.2) is 48.8 Å². The summed E-state index contributed by atoms with van der Waals surface area (Å²) in [5.74, 6) is 0.906. The molecule has 7 nitrogen and oxygen atoms in total. The van der Waals surface area contributed by atoms with Crippen molar-refractivity contribution in [2.24, 2.45) is 5.92 Å². The number of fused-ring (bicyclic) bond motifs is 2. The van der Waals surface area contributed by atoms with Gasteiger partial charge >= 0.3 is 0 Å². The SMILES string of the molecule is CC(=O)N1CC[C@H]2CCCCN(Cc3cccnc3)CCOc3ccccc3C(=O)N[C@H]2C1. The van der Waals surface area contributed by atoms with Crippen LogP contribution >= 0.6 is 0 Å². The first-order chi connectivity index (χ1) is 16.1. The van der Waals surface area contributed by atoms with E-state index in [1.807, 2.05) is 41.4 Å². The molecule has 0 aliphatic carbocycles. The number of aromatic nitrogens is 1. The Morgan fingerprint density at radius 3 is 2.82 bits per heavy atom. The number of carbonyl (C=O) groups is 2. The molecule has 4 rings (SSSR count). The predicted molar refractivity (Wildman–Crippen MR) is 127 cm³/mol. The number of nitrogens with zero attached hydrogens (tertiary/aromatic N) is 3. The Labute approximate surface area is 196 Å². The Hall–Kier alpha value is -2.93. The number of carbonyl (C=O) groups excluding carboxylic acids is 2. The van der Waals surface area contributed by atoms with E-state index in [1.165, 1.54) is 5.56 Å². The van der Waals surface area contributed by atoms with Gasteiger partial charge in [0.05, 0.1) is 5.56 Å². The van der Waals surface area contributed by atoms with Gasteiger partial charge in [0.2, 0.25) is 5.91 Å². The Morgan fingerprint density at radius 2 is 2.00 bits per heavy atom. The molecule has 1 aromatic carbocycles. The molecule has 3 heterocycles. The van der Waals surface area contributed by atoms with Crippen LogP contribution in [0.5, 0.6) is 5.75 Å². The van der Waals surface area contributed by atoms with Gasteiger partial charge in [-0.25, -0.2) is 0 Å². The number of rotatable bonds is 2. The second-order valence-corrected chi connectivity index (χ2v) is 9.07. The van der Waals surface area contributed by atoms with Gasteiger partial charge in [-0.05, 0) is 55.5 Å². The van der Waals surface area contributed by atoms with Gasteiger partial charge in [0, 0.05) is 51.5 Å². The monoisotopic (exact) mass is 450 g/mol. The van der Waals surface area contributed by atoms with Crippen LogP contribution in [0, 0.1) is 5.92 Å². The summed E-state index contributed by atoms with van der Waals surface area (Å²) < 4.78 is 6.08. The van der Waals surface area contributed by atoms with Crippen LogP contribution in [-0.2, 0) is 11.3 Å². The summed E-state index contributed by atoms with van der Waals surface area (Å²) in [5, 5.41) is 3.23. The molecule has 33 heavy (non-hydrogen) atoms. The zero-order valence-electron chi connectivity index (χ0n) is 19.4. The highest BCUT2D eigenvalue weighted by molar-refractivity contribution is 5.97. The molecule has 176 valence electrons. The van der Waals surface area contributed by atoms with Crippen LogP contribution in [0.3, 0.4) is 0 Å². The van der Waals surface area contributed by atoms with E-state index in [0.717, 1.165) is 51.9 Å². The summed E-state index contributed by atoms with van der Waals surface area (Å²) in [6.07, 6.45) is 7.87.